The molecule has 15 heavy (non-hydrogen) atoms. The standard InChI is InChI=1S/C10H15NO4/c1-9(2,3)15-7(12)5-10(4,6-11)8(13)14/h5H2,1-4H3,(H,13,14)/t10-/m0/s1. The summed E-state index contributed by atoms with van der Waals surface area (Å²) in [6.45, 7) is 6.22. The molecule has 5 nitrogen and oxygen atoms in total. The first-order valence-corrected chi connectivity index (χ1v) is 4.47. The van der Waals surface area contributed by atoms with E-state index in [1.165, 1.54) is 6.92 Å². The average molecular weight is 213 g/mol. The van der Waals surface area contributed by atoms with Crippen molar-refractivity contribution in [3.8, 4) is 6.07 Å². The van der Waals surface area contributed by atoms with E-state index in [-0.39, 0.29) is 0 Å². The van der Waals surface area contributed by atoms with Gasteiger partial charge in [0.25, 0.3) is 0 Å². The van der Waals surface area contributed by atoms with Gasteiger partial charge in [0.2, 0.25) is 0 Å². The number of nitrogens with zero attached hydrogens (tertiary/aromatic N) is 1. The normalized spacial score (nSPS) is 14.9. The van der Waals surface area contributed by atoms with Crippen LogP contribution in [-0.2, 0) is 14.3 Å². The zero-order valence-electron chi connectivity index (χ0n) is 9.33. The van der Waals surface area contributed by atoms with E-state index in [4.69, 9.17) is 15.1 Å². The highest BCUT2D eigenvalue weighted by atomic mass is 16.6. The van der Waals surface area contributed by atoms with Crippen LogP contribution in [0, 0.1) is 16.7 Å². The van der Waals surface area contributed by atoms with Crippen molar-refractivity contribution in [3.63, 3.8) is 0 Å². The minimum atomic E-state index is -1.72. The molecule has 0 bridgehead atoms. The van der Waals surface area contributed by atoms with Gasteiger partial charge in [0.05, 0.1) is 12.5 Å². The van der Waals surface area contributed by atoms with Gasteiger partial charge in [-0.15, -0.1) is 0 Å². The molecule has 0 aromatic carbocycles. The third-order valence-corrected chi connectivity index (χ3v) is 1.64. The van der Waals surface area contributed by atoms with E-state index in [9.17, 15) is 9.59 Å². The lowest BCUT2D eigenvalue weighted by atomic mass is 9.89. The summed E-state index contributed by atoms with van der Waals surface area (Å²) < 4.78 is 4.93. The molecule has 0 heterocycles. The van der Waals surface area contributed by atoms with Crippen molar-refractivity contribution >= 4 is 11.9 Å². The second-order valence-electron chi connectivity index (χ2n) is 4.51. The van der Waals surface area contributed by atoms with Gasteiger partial charge >= 0.3 is 11.9 Å². The molecule has 0 saturated carbocycles. The Morgan fingerprint density at radius 1 is 1.33 bits per heavy atom. The monoisotopic (exact) mass is 213 g/mol. The first kappa shape index (κ1) is 13.4. The minimum Gasteiger partial charge on any atom is -0.480 e. The average Bonchev–Trinajstić information content (AvgIpc) is 1.99. The van der Waals surface area contributed by atoms with Gasteiger partial charge in [0.15, 0.2) is 5.41 Å². The number of nitriles is 1. The summed E-state index contributed by atoms with van der Waals surface area (Å²) in [5, 5.41) is 17.4. The molecule has 0 radical (unpaired) electrons. The van der Waals surface area contributed by atoms with Crippen LogP contribution in [0.4, 0.5) is 0 Å². The molecule has 0 aliphatic carbocycles. The van der Waals surface area contributed by atoms with Gasteiger partial charge in [0.1, 0.15) is 5.60 Å². The van der Waals surface area contributed by atoms with Crippen LogP contribution in [0.2, 0.25) is 0 Å². The second kappa shape index (κ2) is 4.30. The molecule has 0 spiro atoms. The van der Waals surface area contributed by atoms with Crippen molar-refractivity contribution in [2.24, 2.45) is 5.41 Å². The Morgan fingerprint density at radius 3 is 2.07 bits per heavy atom. The molecular formula is C10H15NO4. The van der Waals surface area contributed by atoms with Crippen LogP contribution < -0.4 is 0 Å². The summed E-state index contributed by atoms with van der Waals surface area (Å²) in [6.07, 6.45) is -0.448. The van der Waals surface area contributed by atoms with E-state index in [1.54, 1.807) is 26.8 Å². The highest BCUT2D eigenvalue weighted by Crippen LogP contribution is 2.22. The third kappa shape index (κ3) is 4.45. The smallest absolute Gasteiger partial charge is 0.324 e. The third-order valence-electron chi connectivity index (χ3n) is 1.64. The Labute approximate surface area is 88.6 Å². The fourth-order valence-electron chi connectivity index (χ4n) is 0.829. The number of esters is 1. The van der Waals surface area contributed by atoms with Gasteiger partial charge in [-0.2, -0.15) is 5.26 Å². The van der Waals surface area contributed by atoms with Crippen LogP contribution in [0.25, 0.3) is 0 Å². The Hall–Kier alpha value is -1.57. The highest BCUT2D eigenvalue weighted by Gasteiger charge is 2.37. The van der Waals surface area contributed by atoms with E-state index in [0.29, 0.717) is 0 Å². The van der Waals surface area contributed by atoms with E-state index in [1.807, 2.05) is 0 Å². The molecule has 1 atom stereocenters. The van der Waals surface area contributed by atoms with Crippen LogP contribution in [0.3, 0.4) is 0 Å². The fraction of sp³-hybridized carbons (Fsp3) is 0.700. The van der Waals surface area contributed by atoms with Crippen LogP contribution in [0.15, 0.2) is 0 Å². The molecule has 1 N–H and O–H groups in total. The van der Waals surface area contributed by atoms with Crippen molar-refractivity contribution < 1.29 is 19.4 Å². The van der Waals surface area contributed by atoms with Gasteiger partial charge in [0, 0.05) is 0 Å². The highest BCUT2D eigenvalue weighted by molar-refractivity contribution is 5.84. The summed E-state index contributed by atoms with van der Waals surface area (Å²) in [6, 6.07) is 1.59. The number of carbonyl (C=O) groups excluding carboxylic acids is 1. The summed E-state index contributed by atoms with van der Waals surface area (Å²) in [4.78, 5) is 22.0. The number of hydrogen-bond donors (Lipinski definition) is 1. The van der Waals surface area contributed by atoms with Gasteiger partial charge in [-0.3, -0.25) is 9.59 Å². The first-order valence-electron chi connectivity index (χ1n) is 4.47. The van der Waals surface area contributed by atoms with Crippen LogP contribution in [0.1, 0.15) is 34.1 Å². The number of hydrogen-bond acceptors (Lipinski definition) is 4. The number of ether oxygens (including phenoxy) is 1. The molecule has 0 aromatic rings. The largest absolute Gasteiger partial charge is 0.480 e. The fourth-order valence-corrected chi connectivity index (χ4v) is 0.829. The lowest BCUT2D eigenvalue weighted by Crippen LogP contribution is -2.32. The maximum absolute atomic E-state index is 11.3. The number of carboxylic acids is 1. The predicted octanol–water partition coefficient (Wildman–Crippen LogP) is 1.33. The quantitative estimate of drug-likeness (QED) is 0.714. The Morgan fingerprint density at radius 2 is 1.80 bits per heavy atom. The molecule has 0 aliphatic heterocycles. The van der Waals surface area contributed by atoms with Gasteiger partial charge in [-0.1, -0.05) is 0 Å². The van der Waals surface area contributed by atoms with Crippen molar-refractivity contribution in [3.05, 3.63) is 0 Å². The van der Waals surface area contributed by atoms with Gasteiger partial charge < -0.3 is 9.84 Å². The Bertz CT molecular complexity index is 310. The second-order valence-corrected chi connectivity index (χ2v) is 4.51. The van der Waals surface area contributed by atoms with E-state index in [2.05, 4.69) is 0 Å². The molecule has 84 valence electrons. The van der Waals surface area contributed by atoms with Crippen molar-refractivity contribution in [1.29, 1.82) is 5.26 Å². The Kier molecular flexibility index (Phi) is 3.85. The van der Waals surface area contributed by atoms with Crippen LogP contribution >= 0.6 is 0 Å². The number of carboxylic acid groups (broad SMARTS) is 1. The topological polar surface area (TPSA) is 87.4 Å². The molecule has 0 fully saturated rings. The molecule has 0 unspecified atom stereocenters. The predicted molar refractivity (Wildman–Crippen MR) is 51.8 cm³/mol. The lowest BCUT2D eigenvalue weighted by molar-refractivity contribution is -0.161. The molecule has 0 aliphatic rings. The molecule has 0 amide bonds. The minimum absolute atomic E-state index is 0.448. The molecule has 0 saturated heterocycles. The molecule has 0 rings (SSSR count). The lowest BCUT2D eigenvalue weighted by Gasteiger charge is -2.22. The van der Waals surface area contributed by atoms with E-state index in [0.717, 1.165) is 0 Å². The summed E-state index contributed by atoms with van der Waals surface area (Å²) >= 11 is 0. The van der Waals surface area contributed by atoms with Crippen LogP contribution in [-0.4, -0.2) is 22.6 Å². The van der Waals surface area contributed by atoms with Crippen molar-refractivity contribution in [1.82, 2.24) is 0 Å². The molecular weight excluding hydrogens is 198 g/mol. The Balaban J connectivity index is 4.55. The van der Waals surface area contributed by atoms with Crippen molar-refractivity contribution in [2.45, 2.75) is 39.7 Å². The number of rotatable bonds is 3. The summed E-state index contributed by atoms with van der Waals surface area (Å²) in [5.74, 6) is -2.01. The summed E-state index contributed by atoms with van der Waals surface area (Å²) in [7, 11) is 0. The maximum atomic E-state index is 11.3. The zero-order chi connectivity index (χ0) is 12.3. The maximum Gasteiger partial charge on any atom is 0.324 e. The molecule has 5 heteroatoms. The molecule has 0 aromatic heterocycles. The SMILES string of the molecule is CC(C)(C)OC(=O)C[C@@](C)(C#N)C(=O)O. The first-order chi connectivity index (χ1) is 6.60. The van der Waals surface area contributed by atoms with Crippen molar-refractivity contribution in [2.75, 3.05) is 0 Å². The van der Waals surface area contributed by atoms with Gasteiger partial charge in [-0.05, 0) is 27.7 Å². The summed E-state index contributed by atoms with van der Waals surface area (Å²) in [5.41, 5.74) is -2.39. The van der Waals surface area contributed by atoms with Gasteiger partial charge in [-0.25, -0.2) is 0 Å². The van der Waals surface area contributed by atoms with E-state index >= 15 is 0 Å². The zero-order valence-corrected chi connectivity index (χ0v) is 9.33. The van der Waals surface area contributed by atoms with E-state index < -0.39 is 29.4 Å². The number of aliphatic carboxylic acids is 1. The number of carbonyl (C=O) groups is 2. The van der Waals surface area contributed by atoms with Crippen LogP contribution in [0.5, 0.6) is 0 Å².